The molecule has 1 saturated heterocycles. The summed E-state index contributed by atoms with van der Waals surface area (Å²) in [5.41, 5.74) is 0.977. The smallest absolute Gasteiger partial charge is 0.315 e. The Kier molecular flexibility index (Phi) is 6.96. The van der Waals surface area contributed by atoms with Crippen LogP contribution in [-0.4, -0.2) is 48.7 Å². The molecule has 2 heterocycles. The van der Waals surface area contributed by atoms with Crippen molar-refractivity contribution in [3.63, 3.8) is 0 Å². The number of carbonyl (C=O) groups is 1. The van der Waals surface area contributed by atoms with Crippen molar-refractivity contribution >= 4 is 6.03 Å². The van der Waals surface area contributed by atoms with E-state index in [2.05, 4.69) is 20.5 Å². The number of hydrogen-bond donors (Lipinski definition) is 2. The van der Waals surface area contributed by atoms with Crippen molar-refractivity contribution in [1.29, 1.82) is 0 Å². The summed E-state index contributed by atoms with van der Waals surface area (Å²) >= 11 is 0. The summed E-state index contributed by atoms with van der Waals surface area (Å²) in [5, 5.41) is 5.76. The third kappa shape index (κ3) is 5.89. The van der Waals surface area contributed by atoms with Crippen LogP contribution in [0.15, 0.2) is 18.3 Å². The lowest BCUT2D eigenvalue weighted by atomic mass is 10.1. The number of nitrogens with zero attached hydrogens (tertiary/aromatic N) is 2. The van der Waals surface area contributed by atoms with Gasteiger partial charge in [0.05, 0.1) is 6.61 Å². The Bertz CT molecular complexity index is 461. The highest BCUT2D eigenvalue weighted by Crippen LogP contribution is 2.09. The van der Waals surface area contributed by atoms with Crippen LogP contribution in [0.5, 0.6) is 5.88 Å². The number of hydrogen-bond acceptors (Lipinski definition) is 4. The molecule has 0 unspecified atom stereocenters. The van der Waals surface area contributed by atoms with Gasteiger partial charge in [0.25, 0.3) is 0 Å². The number of carbonyl (C=O) groups excluding carboxylic acids is 1. The quantitative estimate of drug-likeness (QED) is 0.805. The number of rotatable bonds is 7. The Balaban J connectivity index is 1.63. The molecule has 0 radical (unpaired) electrons. The molecule has 0 saturated carbocycles. The maximum absolute atomic E-state index is 11.8. The van der Waals surface area contributed by atoms with Crippen molar-refractivity contribution in [3.05, 3.63) is 23.9 Å². The van der Waals surface area contributed by atoms with Crippen LogP contribution in [0.3, 0.4) is 0 Å². The fourth-order valence-corrected chi connectivity index (χ4v) is 2.54. The third-order valence-corrected chi connectivity index (χ3v) is 3.71. The largest absolute Gasteiger partial charge is 0.478 e. The molecular formula is C16H26N4O2. The van der Waals surface area contributed by atoms with Crippen molar-refractivity contribution in [3.8, 4) is 5.88 Å². The van der Waals surface area contributed by atoms with Gasteiger partial charge in [0.1, 0.15) is 0 Å². The molecule has 1 aliphatic heterocycles. The van der Waals surface area contributed by atoms with Crippen LogP contribution < -0.4 is 15.4 Å². The van der Waals surface area contributed by atoms with Gasteiger partial charge >= 0.3 is 6.03 Å². The minimum atomic E-state index is -0.133. The van der Waals surface area contributed by atoms with Gasteiger partial charge in [-0.15, -0.1) is 0 Å². The monoisotopic (exact) mass is 306 g/mol. The Morgan fingerprint density at radius 1 is 1.32 bits per heavy atom. The van der Waals surface area contributed by atoms with E-state index in [4.69, 9.17) is 4.74 Å². The second kappa shape index (κ2) is 9.25. The van der Waals surface area contributed by atoms with E-state index < -0.39 is 0 Å². The molecule has 0 aromatic carbocycles. The van der Waals surface area contributed by atoms with E-state index in [1.165, 1.54) is 19.3 Å². The predicted octanol–water partition coefficient (Wildman–Crippen LogP) is 1.77. The summed E-state index contributed by atoms with van der Waals surface area (Å²) in [7, 11) is 0. The van der Waals surface area contributed by atoms with Gasteiger partial charge in [0.15, 0.2) is 0 Å². The van der Waals surface area contributed by atoms with Gasteiger partial charge in [-0.25, -0.2) is 9.78 Å². The minimum Gasteiger partial charge on any atom is -0.478 e. The molecular weight excluding hydrogens is 280 g/mol. The van der Waals surface area contributed by atoms with Gasteiger partial charge in [0, 0.05) is 31.9 Å². The van der Waals surface area contributed by atoms with Crippen molar-refractivity contribution < 1.29 is 9.53 Å². The first-order valence-corrected chi connectivity index (χ1v) is 8.09. The minimum absolute atomic E-state index is 0.133. The van der Waals surface area contributed by atoms with E-state index in [0.717, 1.165) is 25.2 Å². The standard InChI is InChI=1S/C16H26N4O2/c1-2-22-15-12-14(6-7-17-15)13-19-16(21)18-8-11-20-9-4-3-5-10-20/h6-7,12H,2-5,8-11,13H2,1H3,(H2,18,19,21). The van der Waals surface area contributed by atoms with Crippen LogP contribution in [0.2, 0.25) is 0 Å². The summed E-state index contributed by atoms with van der Waals surface area (Å²) in [6.45, 7) is 6.89. The second-order valence-corrected chi connectivity index (χ2v) is 5.45. The fourth-order valence-electron chi connectivity index (χ4n) is 2.54. The lowest BCUT2D eigenvalue weighted by Crippen LogP contribution is -2.41. The van der Waals surface area contributed by atoms with Crippen LogP contribution in [0.25, 0.3) is 0 Å². The summed E-state index contributed by atoms with van der Waals surface area (Å²) in [5.74, 6) is 0.590. The van der Waals surface area contributed by atoms with Crippen LogP contribution in [0.4, 0.5) is 4.79 Å². The number of amides is 2. The molecule has 0 spiro atoms. The first-order chi connectivity index (χ1) is 10.8. The van der Waals surface area contributed by atoms with Crippen molar-refractivity contribution in [2.45, 2.75) is 32.7 Å². The molecule has 0 atom stereocenters. The van der Waals surface area contributed by atoms with Gasteiger partial charge < -0.3 is 20.3 Å². The van der Waals surface area contributed by atoms with Crippen molar-refractivity contribution in [2.75, 3.05) is 32.8 Å². The van der Waals surface area contributed by atoms with Gasteiger partial charge in [-0.3, -0.25) is 0 Å². The molecule has 6 nitrogen and oxygen atoms in total. The van der Waals surface area contributed by atoms with Crippen LogP contribution >= 0.6 is 0 Å². The third-order valence-electron chi connectivity index (χ3n) is 3.71. The highest BCUT2D eigenvalue weighted by Gasteiger charge is 2.09. The lowest BCUT2D eigenvalue weighted by molar-refractivity contribution is 0.220. The molecule has 1 aliphatic rings. The van der Waals surface area contributed by atoms with Crippen LogP contribution in [0.1, 0.15) is 31.7 Å². The average Bonchev–Trinajstić information content (AvgIpc) is 2.55. The van der Waals surface area contributed by atoms with Crippen LogP contribution in [0, 0.1) is 0 Å². The number of ether oxygens (including phenoxy) is 1. The summed E-state index contributed by atoms with van der Waals surface area (Å²) in [6, 6.07) is 3.58. The number of pyridine rings is 1. The lowest BCUT2D eigenvalue weighted by Gasteiger charge is -2.26. The molecule has 2 amide bonds. The number of urea groups is 1. The average molecular weight is 306 g/mol. The molecule has 2 N–H and O–H groups in total. The molecule has 1 aromatic heterocycles. The topological polar surface area (TPSA) is 66.5 Å². The van der Waals surface area contributed by atoms with E-state index in [1.807, 2.05) is 19.1 Å². The summed E-state index contributed by atoms with van der Waals surface area (Å²) < 4.78 is 5.34. The zero-order chi connectivity index (χ0) is 15.6. The van der Waals surface area contributed by atoms with E-state index in [1.54, 1.807) is 6.20 Å². The Morgan fingerprint density at radius 2 is 2.14 bits per heavy atom. The zero-order valence-corrected chi connectivity index (χ0v) is 13.3. The fraction of sp³-hybridized carbons (Fsp3) is 0.625. The van der Waals surface area contributed by atoms with Gasteiger partial charge in [-0.2, -0.15) is 0 Å². The van der Waals surface area contributed by atoms with Crippen LogP contribution in [-0.2, 0) is 6.54 Å². The number of piperidine rings is 1. The summed E-state index contributed by atoms with van der Waals surface area (Å²) in [6.07, 6.45) is 5.57. The van der Waals surface area contributed by atoms with Crippen molar-refractivity contribution in [2.24, 2.45) is 0 Å². The first-order valence-electron chi connectivity index (χ1n) is 8.09. The second-order valence-electron chi connectivity index (χ2n) is 5.45. The maximum atomic E-state index is 11.8. The van der Waals surface area contributed by atoms with E-state index in [-0.39, 0.29) is 6.03 Å². The Labute approximate surface area is 132 Å². The first kappa shape index (κ1) is 16.5. The molecule has 1 aromatic rings. The van der Waals surface area contributed by atoms with Gasteiger partial charge in [-0.05, 0) is 44.5 Å². The molecule has 0 aliphatic carbocycles. The molecule has 2 rings (SSSR count). The highest BCUT2D eigenvalue weighted by atomic mass is 16.5. The SMILES string of the molecule is CCOc1cc(CNC(=O)NCCN2CCCCC2)ccn1. The highest BCUT2D eigenvalue weighted by molar-refractivity contribution is 5.73. The molecule has 22 heavy (non-hydrogen) atoms. The molecule has 0 bridgehead atoms. The predicted molar refractivity (Wildman–Crippen MR) is 85.9 cm³/mol. The summed E-state index contributed by atoms with van der Waals surface area (Å²) in [4.78, 5) is 18.3. The molecule has 122 valence electrons. The van der Waals surface area contributed by atoms with Gasteiger partial charge in [0.2, 0.25) is 5.88 Å². The Morgan fingerprint density at radius 3 is 2.91 bits per heavy atom. The van der Waals surface area contributed by atoms with E-state index in [9.17, 15) is 4.79 Å². The van der Waals surface area contributed by atoms with E-state index in [0.29, 0.717) is 25.6 Å². The number of aromatic nitrogens is 1. The van der Waals surface area contributed by atoms with Crippen molar-refractivity contribution in [1.82, 2.24) is 20.5 Å². The zero-order valence-electron chi connectivity index (χ0n) is 13.3. The number of likely N-dealkylation sites (tertiary alicyclic amines) is 1. The van der Waals surface area contributed by atoms with Gasteiger partial charge in [-0.1, -0.05) is 6.42 Å². The Hall–Kier alpha value is -1.82. The molecule has 6 heteroatoms. The maximum Gasteiger partial charge on any atom is 0.315 e. The molecule has 1 fully saturated rings. The van der Waals surface area contributed by atoms with E-state index >= 15 is 0 Å². The normalized spacial score (nSPS) is 15.3. The number of nitrogens with one attached hydrogen (secondary N) is 2.